The maximum atomic E-state index is 5.69. The molecule has 3 rings (SSSR count). The van der Waals surface area contributed by atoms with Gasteiger partial charge in [-0.15, -0.1) is 10.2 Å². The zero-order valence-corrected chi connectivity index (χ0v) is 7.25. The van der Waals surface area contributed by atoms with E-state index >= 15 is 0 Å². The second-order valence-corrected chi connectivity index (χ2v) is 3.05. The summed E-state index contributed by atoms with van der Waals surface area (Å²) in [5.41, 5.74) is 8.78. The zero-order chi connectivity index (χ0) is 9.54. The Bertz CT molecular complexity index is 613. The van der Waals surface area contributed by atoms with Gasteiger partial charge < -0.3 is 5.73 Å². The monoisotopic (exact) mass is 185 g/mol. The van der Waals surface area contributed by atoms with Gasteiger partial charge in [0, 0.05) is 11.8 Å². The van der Waals surface area contributed by atoms with Crippen molar-refractivity contribution in [1.29, 1.82) is 0 Å². The predicted octanol–water partition coefficient (Wildman–Crippen LogP) is 0.860. The highest BCUT2D eigenvalue weighted by Crippen LogP contribution is 2.14. The quantitative estimate of drug-likeness (QED) is 0.527. The van der Waals surface area contributed by atoms with Crippen molar-refractivity contribution in [2.75, 3.05) is 5.73 Å². The van der Waals surface area contributed by atoms with Crippen molar-refractivity contribution in [3.05, 3.63) is 30.5 Å². The van der Waals surface area contributed by atoms with Crippen LogP contribution < -0.4 is 5.73 Å². The van der Waals surface area contributed by atoms with Gasteiger partial charge in [0.1, 0.15) is 5.52 Å². The van der Waals surface area contributed by atoms with Crippen LogP contribution >= 0.6 is 0 Å². The summed E-state index contributed by atoms with van der Waals surface area (Å²) in [6.07, 6.45) is 1.69. The van der Waals surface area contributed by atoms with Gasteiger partial charge in [0.2, 0.25) is 0 Å². The molecule has 1 aromatic carbocycles. The number of hydrogen-bond donors (Lipinski definition) is 1. The average molecular weight is 185 g/mol. The van der Waals surface area contributed by atoms with Crippen LogP contribution in [0.2, 0.25) is 0 Å². The number of fused-ring (bicyclic) bond motifs is 3. The highest BCUT2D eigenvalue weighted by atomic mass is 15.3. The first-order chi connectivity index (χ1) is 6.84. The maximum absolute atomic E-state index is 5.69. The van der Waals surface area contributed by atoms with E-state index < -0.39 is 0 Å². The molecule has 2 heterocycles. The van der Waals surface area contributed by atoms with Crippen LogP contribution in [0, 0.1) is 0 Å². The number of hydrogen-bond acceptors (Lipinski definition) is 4. The summed E-state index contributed by atoms with van der Waals surface area (Å²) in [4.78, 5) is 0. The molecule has 0 amide bonds. The van der Waals surface area contributed by atoms with Crippen LogP contribution in [-0.2, 0) is 0 Å². The van der Waals surface area contributed by atoms with Crippen molar-refractivity contribution in [1.82, 2.24) is 19.8 Å². The Morgan fingerprint density at radius 3 is 3.00 bits per heavy atom. The Morgan fingerprint density at radius 2 is 2.07 bits per heavy atom. The van der Waals surface area contributed by atoms with Gasteiger partial charge in [0.15, 0.2) is 5.65 Å². The third-order valence-electron chi connectivity index (χ3n) is 2.11. The second-order valence-electron chi connectivity index (χ2n) is 3.05. The highest BCUT2D eigenvalue weighted by molar-refractivity contribution is 5.79. The van der Waals surface area contributed by atoms with Crippen LogP contribution in [0.1, 0.15) is 0 Å². The summed E-state index contributed by atoms with van der Waals surface area (Å²) >= 11 is 0. The molecule has 0 aliphatic carbocycles. The van der Waals surface area contributed by atoms with Crippen LogP contribution in [0.5, 0.6) is 0 Å². The summed E-state index contributed by atoms with van der Waals surface area (Å²) in [6, 6.07) is 7.27. The molecule has 14 heavy (non-hydrogen) atoms. The number of rotatable bonds is 0. The number of aromatic nitrogens is 4. The van der Waals surface area contributed by atoms with Crippen LogP contribution in [0.15, 0.2) is 30.5 Å². The molecule has 5 heteroatoms. The Morgan fingerprint density at radius 1 is 1.14 bits per heavy atom. The van der Waals surface area contributed by atoms with Crippen molar-refractivity contribution >= 4 is 22.4 Å². The second kappa shape index (κ2) is 2.41. The number of nitrogens with two attached hydrogens (primary N) is 1. The number of nitrogens with zero attached hydrogens (tertiary/aromatic N) is 4. The Hall–Kier alpha value is -2.17. The van der Waals surface area contributed by atoms with Crippen molar-refractivity contribution in [3.8, 4) is 0 Å². The maximum Gasteiger partial charge on any atom is 0.177 e. The Kier molecular flexibility index (Phi) is 1.25. The van der Waals surface area contributed by atoms with Crippen molar-refractivity contribution in [2.24, 2.45) is 0 Å². The lowest BCUT2D eigenvalue weighted by Gasteiger charge is -1.99. The Balaban J connectivity index is 2.60. The van der Waals surface area contributed by atoms with Gasteiger partial charge in [0.05, 0.1) is 11.7 Å². The van der Waals surface area contributed by atoms with Crippen LogP contribution in [0.25, 0.3) is 16.7 Å². The van der Waals surface area contributed by atoms with Gasteiger partial charge in [0.25, 0.3) is 0 Å². The fourth-order valence-electron chi connectivity index (χ4n) is 1.46. The van der Waals surface area contributed by atoms with E-state index in [1.807, 2.05) is 12.1 Å². The molecule has 0 aliphatic rings. The standard InChI is InChI=1S/C9H7N5/c10-6-1-2-7-8(5-6)14-9(13-12-7)3-4-11-14/h1-5H,10H2. The van der Waals surface area contributed by atoms with Gasteiger partial charge in [-0.1, -0.05) is 0 Å². The van der Waals surface area contributed by atoms with Crippen LogP contribution in [0.4, 0.5) is 5.69 Å². The van der Waals surface area contributed by atoms with Gasteiger partial charge in [-0.2, -0.15) is 5.10 Å². The van der Waals surface area contributed by atoms with Gasteiger partial charge >= 0.3 is 0 Å². The SMILES string of the molecule is Nc1ccc2nnc3ccnn3c2c1. The largest absolute Gasteiger partial charge is 0.399 e. The first-order valence-electron chi connectivity index (χ1n) is 4.20. The summed E-state index contributed by atoms with van der Waals surface area (Å²) in [7, 11) is 0. The Labute approximate surface area is 79.2 Å². The molecule has 0 saturated carbocycles. The predicted molar refractivity (Wildman–Crippen MR) is 52.7 cm³/mol. The summed E-state index contributed by atoms with van der Waals surface area (Å²) in [5, 5.41) is 12.2. The van der Waals surface area contributed by atoms with Gasteiger partial charge in [-0.05, 0) is 18.2 Å². The topological polar surface area (TPSA) is 69.1 Å². The van der Waals surface area contributed by atoms with E-state index in [0.29, 0.717) is 5.69 Å². The minimum Gasteiger partial charge on any atom is -0.399 e. The van der Waals surface area contributed by atoms with E-state index in [4.69, 9.17) is 5.73 Å². The molecule has 0 atom stereocenters. The molecule has 0 aliphatic heterocycles. The summed E-state index contributed by atoms with van der Waals surface area (Å²) in [6.45, 7) is 0. The van der Waals surface area contributed by atoms with E-state index in [1.165, 1.54) is 0 Å². The lowest BCUT2D eigenvalue weighted by atomic mass is 10.3. The van der Waals surface area contributed by atoms with Crippen LogP contribution in [0.3, 0.4) is 0 Å². The van der Waals surface area contributed by atoms with E-state index in [2.05, 4.69) is 15.3 Å². The number of benzene rings is 1. The molecular weight excluding hydrogens is 178 g/mol. The average Bonchev–Trinajstić information content (AvgIpc) is 2.65. The third-order valence-corrected chi connectivity index (χ3v) is 2.11. The summed E-state index contributed by atoms with van der Waals surface area (Å²) in [5.74, 6) is 0. The molecule has 0 fully saturated rings. The molecule has 0 spiro atoms. The summed E-state index contributed by atoms with van der Waals surface area (Å²) < 4.78 is 1.72. The van der Waals surface area contributed by atoms with Crippen LogP contribution in [-0.4, -0.2) is 19.8 Å². The molecule has 68 valence electrons. The minimum absolute atomic E-state index is 0.697. The van der Waals surface area contributed by atoms with Crippen molar-refractivity contribution in [3.63, 3.8) is 0 Å². The first-order valence-corrected chi connectivity index (χ1v) is 4.20. The number of nitrogen functional groups attached to an aromatic ring is 1. The normalized spacial score (nSPS) is 11.1. The number of anilines is 1. The third kappa shape index (κ3) is 0.861. The molecule has 5 nitrogen and oxygen atoms in total. The molecule has 0 unspecified atom stereocenters. The lowest BCUT2D eigenvalue weighted by Crippen LogP contribution is -1.96. The van der Waals surface area contributed by atoms with Gasteiger partial charge in [-0.3, -0.25) is 0 Å². The van der Waals surface area contributed by atoms with Crippen molar-refractivity contribution in [2.45, 2.75) is 0 Å². The van der Waals surface area contributed by atoms with E-state index in [1.54, 1.807) is 22.8 Å². The lowest BCUT2D eigenvalue weighted by molar-refractivity contribution is 0.943. The zero-order valence-electron chi connectivity index (χ0n) is 7.25. The molecule has 2 N–H and O–H groups in total. The van der Waals surface area contributed by atoms with Crippen molar-refractivity contribution < 1.29 is 0 Å². The molecule has 3 aromatic rings. The van der Waals surface area contributed by atoms with E-state index in [0.717, 1.165) is 16.7 Å². The molecule has 0 saturated heterocycles. The van der Waals surface area contributed by atoms with E-state index in [-0.39, 0.29) is 0 Å². The van der Waals surface area contributed by atoms with E-state index in [9.17, 15) is 0 Å². The fourth-order valence-corrected chi connectivity index (χ4v) is 1.46. The first kappa shape index (κ1) is 7.25. The highest BCUT2D eigenvalue weighted by Gasteiger charge is 2.02. The fraction of sp³-hybridized carbons (Fsp3) is 0. The molecule has 2 aromatic heterocycles. The molecular formula is C9H7N5. The smallest absolute Gasteiger partial charge is 0.177 e. The molecule has 0 bridgehead atoms. The van der Waals surface area contributed by atoms with Gasteiger partial charge in [-0.25, -0.2) is 4.52 Å². The minimum atomic E-state index is 0.697. The molecule has 0 radical (unpaired) electrons.